The molecule has 0 aliphatic rings. The zero-order valence-corrected chi connectivity index (χ0v) is 31.9. The lowest BCUT2D eigenvalue weighted by Crippen LogP contribution is -1.97. The Kier molecular flexibility index (Phi) is 7.54. The number of rotatable bonds is 5. The summed E-state index contributed by atoms with van der Waals surface area (Å²) >= 11 is 0. The minimum Gasteiger partial charge on any atom is -0.456 e. The molecule has 0 saturated carbocycles. The maximum absolute atomic E-state index is 6.27. The van der Waals surface area contributed by atoms with Crippen LogP contribution in [0.3, 0.4) is 0 Å². The van der Waals surface area contributed by atoms with E-state index >= 15 is 0 Å². The molecule has 3 nitrogen and oxygen atoms in total. The Morgan fingerprint density at radius 1 is 0.288 bits per heavy atom. The number of nitrogens with zero attached hydrogens (tertiary/aromatic N) is 2. The molecule has 12 aromatic rings. The molecule has 0 bridgehead atoms. The van der Waals surface area contributed by atoms with E-state index in [0.29, 0.717) is 5.82 Å². The van der Waals surface area contributed by atoms with Crippen molar-refractivity contribution in [2.75, 3.05) is 0 Å². The first-order chi connectivity index (χ1) is 29.2. The van der Waals surface area contributed by atoms with Crippen LogP contribution in [-0.2, 0) is 0 Å². The third kappa shape index (κ3) is 5.51. The molecular formula is C56H34N2O. The second-order valence-electron chi connectivity index (χ2n) is 15.3. The average Bonchev–Trinajstić information content (AvgIpc) is 3.69. The fourth-order valence-electron chi connectivity index (χ4n) is 9.06. The van der Waals surface area contributed by atoms with Gasteiger partial charge in [0.15, 0.2) is 5.82 Å². The maximum Gasteiger partial charge on any atom is 0.160 e. The van der Waals surface area contributed by atoms with Crippen molar-refractivity contribution in [1.82, 2.24) is 9.97 Å². The van der Waals surface area contributed by atoms with Gasteiger partial charge in [-0.25, -0.2) is 9.97 Å². The highest BCUT2D eigenvalue weighted by Gasteiger charge is 2.19. The Morgan fingerprint density at radius 3 is 1.76 bits per heavy atom. The third-order valence-electron chi connectivity index (χ3n) is 11.9. The Bertz CT molecular complexity index is 3620. The lowest BCUT2D eigenvalue weighted by molar-refractivity contribution is 0.669. The minimum absolute atomic E-state index is 0.687. The quantitative estimate of drug-likeness (QED) is 0.130. The number of para-hydroxylation sites is 1. The molecule has 12 rings (SSSR count). The summed E-state index contributed by atoms with van der Waals surface area (Å²) in [7, 11) is 0. The first kappa shape index (κ1) is 33.3. The van der Waals surface area contributed by atoms with Crippen molar-refractivity contribution in [3.8, 4) is 56.2 Å². The highest BCUT2D eigenvalue weighted by molar-refractivity contribution is 6.23. The highest BCUT2D eigenvalue weighted by atomic mass is 16.3. The van der Waals surface area contributed by atoms with Gasteiger partial charge in [-0.2, -0.15) is 0 Å². The van der Waals surface area contributed by atoms with Crippen LogP contribution in [0.15, 0.2) is 211 Å². The molecule has 274 valence electrons. The standard InChI is InChI=1S/C56H34N2O/c1-2-14-36(15-3-1)56-57-51(40-18-12-17-37(31-40)38-26-27-47-46-23-10-11-24-53(46)59-54(47)33-38)34-52(58-56)45-29-30-48(44-22-9-8-21-43(44)45)55-42-20-7-5-16-39(42)32-50-41-19-6-4-13-35(41)25-28-49(50)55/h1-34H. The van der Waals surface area contributed by atoms with Crippen LogP contribution in [0.1, 0.15) is 0 Å². The van der Waals surface area contributed by atoms with Crippen molar-refractivity contribution in [2.45, 2.75) is 0 Å². The average molecular weight is 751 g/mol. The lowest BCUT2D eigenvalue weighted by Gasteiger charge is -2.17. The zero-order chi connectivity index (χ0) is 38.9. The first-order valence-electron chi connectivity index (χ1n) is 20.1. The summed E-state index contributed by atoms with van der Waals surface area (Å²) in [6.45, 7) is 0. The molecule has 3 heteroatoms. The SMILES string of the molecule is c1ccc(-c2nc(-c3cccc(-c4ccc5c(c4)oc4ccccc45)c3)cc(-c3ccc(-c4c5ccccc5cc5c4ccc4ccccc45)c4ccccc34)n2)cc1. The monoisotopic (exact) mass is 750 g/mol. The normalized spacial score (nSPS) is 11.7. The zero-order valence-electron chi connectivity index (χ0n) is 31.9. The van der Waals surface area contributed by atoms with Gasteiger partial charge >= 0.3 is 0 Å². The van der Waals surface area contributed by atoms with Crippen LogP contribution in [0, 0.1) is 0 Å². The third-order valence-corrected chi connectivity index (χ3v) is 11.9. The van der Waals surface area contributed by atoms with Gasteiger partial charge in [-0.15, -0.1) is 0 Å². The van der Waals surface area contributed by atoms with E-state index in [1.54, 1.807) is 0 Å². The fraction of sp³-hybridized carbons (Fsp3) is 0. The molecule has 0 amide bonds. The van der Waals surface area contributed by atoms with Crippen molar-refractivity contribution in [3.63, 3.8) is 0 Å². The predicted molar refractivity (Wildman–Crippen MR) is 247 cm³/mol. The second-order valence-corrected chi connectivity index (χ2v) is 15.3. The van der Waals surface area contributed by atoms with E-state index < -0.39 is 0 Å². The summed E-state index contributed by atoms with van der Waals surface area (Å²) in [5, 5.41) is 12.1. The molecule has 0 N–H and O–H groups in total. The highest BCUT2D eigenvalue weighted by Crippen LogP contribution is 2.44. The molecule has 59 heavy (non-hydrogen) atoms. The van der Waals surface area contributed by atoms with Gasteiger partial charge in [0.1, 0.15) is 11.2 Å². The summed E-state index contributed by atoms with van der Waals surface area (Å²) in [4.78, 5) is 10.5. The number of benzene rings is 10. The van der Waals surface area contributed by atoms with Gasteiger partial charge in [-0.05, 0) is 102 Å². The molecule has 0 aliphatic carbocycles. The summed E-state index contributed by atoms with van der Waals surface area (Å²) in [5.74, 6) is 0.687. The van der Waals surface area contributed by atoms with E-state index in [9.17, 15) is 0 Å². The molecule has 0 radical (unpaired) electrons. The van der Waals surface area contributed by atoms with E-state index in [0.717, 1.165) is 66.5 Å². The number of hydrogen-bond acceptors (Lipinski definition) is 3. The van der Waals surface area contributed by atoms with Gasteiger partial charge in [0.05, 0.1) is 11.4 Å². The fourth-order valence-corrected chi connectivity index (χ4v) is 9.06. The predicted octanol–water partition coefficient (Wildman–Crippen LogP) is 15.3. The molecule has 0 fully saturated rings. The molecule has 0 atom stereocenters. The number of aromatic nitrogens is 2. The number of fused-ring (bicyclic) bond motifs is 8. The van der Waals surface area contributed by atoms with Crippen LogP contribution in [0.2, 0.25) is 0 Å². The van der Waals surface area contributed by atoms with Gasteiger partial charge in [-0.3, -0.25) is 0 Å². The molecule has 0 spiro atoms. The van der Waals surface area contributed by atoms with E-state index in [2.05, 4.69) is 176 Å². The van der Waals surface area contributed by atoms with E-state index in [1.807, 2.05) is 30.3 Å². The Balaban J connectivity index is 1.04. The van der Waals surface area contributed by atoms with Gasteiger partial charge < -0.3 is 4.42 Å². The van der Waals surface area contributed by atoms with Crippen molar-refractivity contribution in [3.05, 3.63) is 206 Å². The molecular weight excluding hydrogens is 717 g/mol. The number of hydrogen-bond donors (Lipinski definition) is 0. The van der Waals surface area contributed by atoms with Crippen molar-refractivity contribution in [2.24, 2.45) is 0 Å². The lowest BCUT2D eigenvalue weighted by atomic mass is 9.86. The van der Waals surface area contributed by atoms with E-state index in [1.165, 1.54) is 48.8 Å². The summed E-state index contributed by atoms with van der Waals surface area (Å²) in [6.07, 6.45) is 0. The van der Waals surface area contributed by atoms with E-state index in [4.69, 9.17) is 14.4 Å². The summed E-state index contributed by atoms with van der Waals surface area (Å²) in [6, 6.07) is 73.4. The first-order valence-corrected chi connectivity index (χ1v) is 20.1. The Hall–Kier alpha value is -7.88. The topological polar surface area (TPSA) is 38.9 Å². The van der Waals surface area contributed by atoms with Crippen molar-refractivity contribution in [1.29, 1.82) is 0 Å². The van der Waals surface area contributed by atoms with Crippen molar-refractivity contribution >= 4 is 65.0 Å². The van der Waals surface area contributed by atoms with Gasteiger partial charge in [0, 0.05) is 27.5 Å². The molecule has 10 aromatic carbocycles. The minimum atomic E-state index is 0.687. The van der Waals surface area contributed by atoms with Crippen LogP contribution < -0.4 is 0 Å². The Labute approximate surface area is 340 Å². The summed E-state index contributed by atoms with van der Waals surface area (Å²) < 4.78 is 6.27. The number of furan rings is 1. The molecule has 2 heterocycles. The van der Waals surface area contributed by atoms with Crippen LogP contribution in [0.4, 0.5) is 0 Å². The van der Waals surface area contributed by atoms with Gasteiger partial charge in [0.2, 0.25) is 0 Å². The summed E-state index contributed by atoms with van der Waals surface area (Å²) in [5.41, 5.74) is 11.2. The van der Waals surface area contributed by atoms with Crippen LogP contribution in [-0.4, -0.2) is 9.97 Å². The molecule has 0 saturated heterocycles. The maximum atomic E-state index is 6.27. The van der Waals surface area contributed by atoms with Crippen LogP contribution >= 0.6 is 0 Å². The molecule has 0 aliphatic heterocycles. The Morgan fingerprint density at radius 2 is 0.898 bits per heavy atom. The van der Waals surface area contributed by atoms with E-state index in [-0.39, 0.29) is 0 Å². The van der Waals surface area contributed by atoms with Crippen LogP contribution in [0.25, 0.3) is 121 Å². The largest absolute Gasteiger partial charge is 0.456 e. The molecule has 2 aromatic heterocycles. The van der Waals surface area contributed by atoms with Gasteiger partial charge in [-0.1, -0.05) is 170 Å². The van der Waals surface area contributed by atoms with Gasteiger partial charge in [0.25, 0.3) is 0 Å². The van der Waals surface area contributed by atoms with Crippen LogP contribution in [0.5, 0.6) is 0 Å². The molecule has 0 unspecified atom stereocenters. The smallest absolute Gasteiger partial charge is 0.160 e. The second kappa shape index (κ2) is 13.4. The van der Waals surface area contributed by atoms with Crippen molar-refractivity contribution < 1.29 is 4.42 Å².